The molecule has 2 amide bonds. The number of likely N-dealkylation sites (N-methyl/N-ethyl adjacent to an activating group) is 1. The number of rotatable bonds is 3. The van der Waals surface area contributed by atoms with E-state index in [9.17, 15) is 27.2 Å². The highest BCUT2D eigenvalue weighted by molar-refractivity contribution is 5.94. The van der Waals surface area contributed by atoms with Crippen molar-refractivity contribution in [3.63, 3.8) is 0 Å². The Labute approximate surface area is 169 Å². The summed E-state index contributed by atoms with van der Waals surface area (Å²) in [6.07, 6.45) is -1.61. The van der Waals surface area contributed by atoms with Crippen molar-refractivity contribution in [3.8, 4) is 0 Å². The number of pyridine rings is 1. The molecule has 2 atom stereocenters. The minimum atomic E-state index is -5.08. The van der Waals surface area contributed by atoms with Crippen molar-refractivity contribution in [2.75, 3.05) is 39.8 Å². The normalized spacial score (nSPS) is 21.3. The van der Waals surface area contributed by atoms with Gasteiger partial charge in [-0.05, 0) is 30.9 Å². The number of fused-ring (bicyclic) bond motifs is 1. The molecule has 0 radical (unpaired) electrons. The molecule has 2 aliphatic heterocycles. The van der Waals surface area contributed by atoms with Crippen LogP contribution in [0.15, 0.2) is 18.5 Å². The predicted molar refractivity (Wildman–Crippen MR) is 95.9 cm³/mol. The number of carboxylic acid groups (broad SMARTS) is 1. The number of alkyl halides is 3. The third-order valence-electron chi connectivity index (χ3n) is 5.06. The molecular weight excluding hydrogens is 412 g/mol. The number of likely N-dealkylation sites (tertiary alicyclic amines) is 2. The number of carboxylic acids is 1. The van der Waals surface area contributed by atoms with Crippen molar-refractivity contribution in [1.29, 1.82) is 0 Å². The number of halogens is 4. The van der Waals surface area contributed by atoms with Gasteiger partial charge in [0.15, 0.2) is 5.82 Å². The molecule has 30 heavy (non-hydrogen) atoms. The fourth-order valence-corrected chi connectivity index (χ4v) is 3.55. The van der Waals surface area contributed by atoms with E-state index < -0.39 is 18.0 Å². The second-order valence-electron chi connectivity index (χ2n) is 7.09. The largest absolute Gasteiger partial charge is 0.490 e. The fourth-order valence-electron chi connectivity index (χ4n) is 3.55. The first-order valence-corrected chi connectivity index (χ1v) is 9.14. The average Bonchev–Trinajstić information content (AvgIpc) is 3.11. The van der Waals surface area contributed by atoms with Crippen molar-refractivity contribution in [1.82, 2.24) is 20.1 Å². The van der Waals surface area contributed by atoms with Crippen LogP contribution in [0.25, 0.3) is 0 Å². The molecule has 12 heteroatoms. The molecule has 2 aliphatic rings. The molecule has 3 heterocycles. The summed E-state index contributed by atoms with van der Waals surface area (Å²) in [5, 5.41) is 9.76. The Morgan fingerprint density at radius 3 is 2.43 bits per heavy atom. The van der Waals surface area contributed by atoms with E-state index in [-0.39, 0.29) is 17.4 Å². The van der Waals surface area contributed by atoms with Crippen LogP contribution in [0.3, 0.4) is 0 Å². The van der Waals surface area contributed by atoms with Crippen LogP contribution in [-0.4, -0.2) is 83.6 Å². The zero-order valence-corrected chi connectivity index (χ0v) is 16.2. The van der Waals surface area contributed by atoms with Crippen LogP contribution in [0, 0.1) is 17.7 Å². The van der Waals surface area contributed by atoms with Crippen molar-refractivity contribution in [2.24, 2.45) is 11.8 Å². The summed E-state index contributed by atoms with van der Waals surface area (Å²) in [6, 6.07) is 1.43. The Bertz CT molecular complexity index is 790. The van der Waals surface area contributed by atoms with Gasteiger partial charge in [0.25, 0.3) is 5.91 Å². The summed E-state index contributed by atoms with van der Waals surface area (Å²) < 4.78 is 45.5. The number of hydrogen-bond donors (Lipinski definition) is 2. The number of amides is 2. The van der Waals surface area contributed by atoms with Crippen LogP contribution in [0.4, 0.5) is 17.6 Å². The molecule has 2 N–H and O–H groups in total. The summed E-state index contributed by atoms with van der Waals surface area (Å²) in [5.74, 6) is -2.81. The van der Waals surface area contributed by atoms with E-state index in [0.29, 0.717) is 31.5 Å². The van der Waals surface area contributed by atoms with E-state index >= 15 is 0 Å². The van der Waals surface area contributed by atoms with Gasteiger partial charge in [0, 0.05) is 32.9 Å². The van der Waals surface area contributed by atoms with E-state index in [4.69, 9.17) is 9.90 Å². The van der Waals surface area contributed by atoms with E-state index in [1.807, 2.05) is 0 Å². The average molecular weight is 434 g/mol. The van der Waals surface area contributed by atoms with Crippen LogP contribution in [0.2, 0.25) is 0 Å². The first-order valence-electron chi connectivity index (χ1n) is 9.14. The second-order valence-corrected chi connectivity index (χ2v) is 7.09. The maximum absolute atomic E-state index is 13.7. The van der Waals surface area contributed by atoms with Gasteiger partial charge in [0.05, 0.1) is 18.3 Å². The minimum absolute atomic E-state index is 0.00763. The molecule has 0 spiro atoms. The third kappa shape index (κ3) is 6.12. The molecule has 0 aromatic carbocycles. The number of nitrogens with one attached hydrogen (secondary N) is 1. The van der Waals surface area contributed by atoms with E-state index in [1.165, 1.54) is 12.3 Å². The number of carbonyl (C=O) groups excluding carboxylic acids is 2. The molecule has 8 nitrogen and oxygen atoms in total. The van der Waals surface area contributed by atoms with Gasteiger partial charge >= 0.3 is 12.1 Å². The van der Waals surface area contributed by atoms with Crippen molar-refractivity contribution in [3.05, 3.63) is 29.8 Å². The first kappa shape index (κ1) is 23.5. The lowest BCUT2D eigenvalue weighted by Crippen LogP contribution is -2.44. The summed E-state index contributed by atoms with van der Waals surface area (Å²) in [7, 11) is 1.63. The molecule has 166 valence electrons. The molecule has 2 saturated heterocycles. The van der Waals surface area contributed by atoms with Crippen molar-refractivity contribution < 1.29 is 37.1 Å². The molecule has 2 fully saturated rings. The molecular formula is C18H22F4N4O4. The van der Waals surface area contributed by atoms with Gasteiger partial charge in [-0.25, -0.2) is 9.18 Å². The van der Waals surface area contributed by atoms with Crippen LogP contribution in [0.1, 0.15) is 16.8 Å². The Kier molecular flexibility index (Phi) is 7.71. The Hall–Kier alpha value is -2.76. The highest BCUT2D eigenvalue weighted by Crippen LogP contribution is 2.32. The SMILES string of the molecule is CNC(=O)CN1CC[C@H]2CN(C(=O)c3ccncc3F)C[C@H]2C1.O=C(O)C(F)(F)F. The fraction of sp³-hybridized carbons (Fsp3) is 0.556. The molecule has 0 aliphatic carbocycles. The Morgan fingerprint density at radius 1 is 1.23 bits per heavy atom. The standard InChI is InChI=1S/C16H21FN4O2.C2HF3O2/c1-18-15(22)10-20-5-3-11-8-21(9-12(11)7-20)16(23)13-2-4-19-6-14(13)17;3-2(4,5)1(6)7/h2,4,6,11-12H,3,5,7-10H2,1H3,(H,18,22);(H,6,7)/t11-,12+;/m0./s1. The number of aliphatic carboxylic acids is 1. The monoisotopic (exact) mass is 434 g/mol. The van der Waals surface area contributed by atoms with Crippen molar-refractivity contribution >= 4 is 17.8 Å². The van der Waals surface area contributed by atoms with Gasteiger partial charge in [-0.3, -0.25) is 19.5 Å². The molecule has 0 bridgehead atoms. The lowest BCUT2D eigenvalue weighted by molar-refractivity contribution is -0.192. The van der Waals surface area contributed by atoms with Crippen LogP contribution < -0.4 is 5.32 Å². The van der Waals surface area contributed by atoms with Crippen LogP contribution in [-0.2, 0) is 9.59 Å². The number of hydrogen-bond acceptors (Lipinski definition) is 5. The maximum atomic E-state index is 13.7. The summed E-state index contributed by atoms with van der Waals surface area (Å²) in [4.78, 5) is 40.4. The number of carbonyl (C=O) groups is 3. The number of piperidine rings is 1. The highest BCUT2D eigenvalue weighted by Gasteiger charge is 2.40. The van der Waals surface area contributed by atoms with Crippen LogP contribution >= 0.6 is 0 Å². The lowest BCUT2D eigenvalue weighted by atomic mass is 9.89. The summed E-state index contributed by atoms with van der Waals surface area (Å²) in [6.45, 7) is 3.35. The summed E-state index contributed by atoms with van der Waals surface area (Å²) >= 11 is 0. The van der Waals surface area contributed by atoms with Gasteiger partial charge in [-0.2, -0.15) is 13.2 Å². The van der Waals surface area contributed by atoms with Crippen LogP contribution in [0.5, 0.6) is 0 Å². The number of aromatic nitrogens is 1. The molecule has 1 aromatic rings. The Balaban J connectivity index is 0.000000396. The topological polar surface area (TPSA) is 103 Å². The zero-order chi connectivity index (χ0) is 22.5. The smallest absolute Gasteiger partial charge is 0.475 e. The quantitative estimate of drug-likeness (QED) is 0.688. The van der Waals surface area contributed by atoms with Gasteiger partial charge < -0.3 is 15.3 Å². The maximum Gasteiger partial charge on any atom is 0.490 e. The van der Waals surface area contributed by atoms with Gasteiger partial charge in [-0.1, -0.05) is 0 Å². The zero-order valence-electron chi connectivity index (χ0n) is 16.2. The van der Waals surface area contributed by atoms with Crippen molar-refractivity contribution in [2.45, 2.75) is 12.6 Å². The van der Waals surface area contributed by atoms with Gasteiger partial charge in [0.2, 0.25) is 5.91 Å². The van der Waals surface area contributed by atoms with E-state index in [1.54, 1.807) is 11.9 Å². The molecule has 0 unspecified atom stereocenters. The first-order chi connectivity index (χ1) is 14.0. The predicted octanol–water partition coefficient (Wildman–Crippen LogP) is 0.994. The summed E-state index contributed by atoms with van der Waals surface area (Å²) in [5.41, 5.74) is 0.0841. The lowest BCUT2D eigenvalue weighted by Gasteiger charge is -2.33. The molecule has 0 saturated carbocycles. The van der Waals surface area contributed by atoms with E-state index in [2.05, 4.69) is 15.2 Å². The highest BCUT2D eigenvalue weighted by atomic mass is 19.4. The molecule has 3 rings (SSSR count). The minimum Gasteiger partial charge on any atom is -0.475 e. The van der Waals surface area contributed by atoms with Gasteiger partial charge in [0.1, 0.15) is 0 Å². The third-order valence-corrected chi connectivity index (χ3v) is 5.06. The van der Waals surface area contributed by atoms with Gasteiger partial charge in [-0.15, -0.1) is 0 Å². The van der Waals surface area contributed by atoms with E-state index in [0.717, 1.165) is 25.7 Å². The number of nitrogens with zero attached hydrogens (tertiary/aromatic N) is 3. The second kappa shape index (κ2) is 9.83. The molecule has 1 aromatic heterocycles. The Morgan fingerprint density at radius 2 is 1.87 bits per heavy atom.